The van der Waals surface area contributed by atoms with Crippen molar-refractivity contribution in [3.05, 3.63) is 29.8 Å². The SMILES string of the molecule is CC(=O)NCC(=O)N[C@@H](CCC(N)=O)C(=O)N[C@@H](CCC(N)=O)C(=O)N[C@@H](CCC(N)=O)C(=O)N[C@@H](CCC(N)=O)C(=O)N[C@@H](Cc1ccc(O)cc1)C(=O)O. The number of phenolic OH excluding ortho intramolecular Hbond substituents is 1. The van der Waals surface area contributed by atoms with Crippen molar-refractivity contribution in [2.24, 2.45) is 22.9 Å². The van der Waals surface area contributed by atoms with Crippen LogP contribution in [0.25, 0.3) is 0 Å². The maximum absolute atomic E-state index is 13.6. The second kappa shape index (κ2) is 23.8. The van der Waals surface area contributed by atoms with E-state index in [2.05, 4.69) is 31.9 Å². The number of carbonyl (C=O) groups is 11. The number of carboxylic acids is 1. The molecule has 308 valence electrons. The number of nitrogens with two attached hydrogens (primary N) is 4. The molecule has 0 heterocycles. The van der Waals surface area contributed by atoms with Crippen molar-refractivity contribution in [2.45, 2.75) is 94.9 Å². The molecule has 16 N–H and O–H groups in total. The largest absolute Gasteiger partial charge is 0.508 e. The molecule has 0 saturated carbocycles. The summed E-state index contributed by atoms with van der Waals surface area (Å²) in [6.45, 7) is 0.585. The fraction of sp³-hybridized carbons (Fsp3) is 0.485. The maximum Gasteiger partial charge on any atom is 0.326 e. The third-order valence-electron chi connectivity index (χ3n) is 7.76. The normalized spacial score (nSPS) is 13.2. The molecule has 0 spiro atoms. The molecule has 23 heteroatoms. The van der Waals surface area contributed by atoms with E-state index >= 15 is 0 Å². The minimum Gasteiger partial charge on any atom is -0.508 e. The van der Waals surface area contributed by atoms with E-state index in [4.69, 9.17) is 22.9 Å². The number of aromatic hydroxyl groups is 1. The molecule has 0 saturated heterocycles. The first kappa shape index (κ1) is 47.2. The van der Waals surface area contributed by atoms with Crippen LogP contribution in [0.4, 0.5) is 0 Å². The standard InChI is InChI=1S/C33H48N10O13/c1-16(44)38-15-28(50)39-19(6-10-24(34)46)29(51)40-20(7-11-25(35)47)30(52)41-21(8-12-26(36)48)31(53)42-22(9-13-27(37)49)32(54)43-23(33(55)56)14-17-2-4-18(45)5-3-17/h2-5,19-23,45H,6-15H2,1H3,(H2,34,46)(H2,35,47)(H2,36,48)(H2,37,49)(H,38,44)(H,39,50)(H,40,51)(H,41,52)(H,42,53)(H,43,54)(H,55,56)/t19-,20-,21-,22-,23-/m0/s1. The number of aliphatic carboxylic acids is 1. The predicted molar refractivity (Wildman–Crippen MR) is 191 cm³/mol. The van der Waals surface area contributed by atoms with E-state index in [0.29, 0.717) is 5.56 Å². The second-order valence-electron chi connectivity index (χ2n) is 12.5. The number of nitrogens with one attached hydrogen (secondary N) is 6. The highest BCUT2D eigenvalue weighted by molar-refractivity contribution is 5.97. The zero-order valence-electron chi connectivity index (χ0n) is 30.5. The van der Waals surface area contributed by atoms with Crippen molar-refractivity contribution >= 4 is 65.0 Å². The summed E-state index contributed by atoms with van der Waals surface area (Å²) in [6, 6.07) is -2.56. The summed E-state index contributed by atoms with van der Waals surface area (Å²) in [4.78, 5) is 136. The molecule has 5 atom stereocenters. The van der Waals surface area contributed by atoms with E-state index in [1.54, 1.807) is 0 Å². The van der Waals surface area contributed by atoms with Gasteiger partial charge in [0.25, 0.3) is 0 Å². The third-order valence-corrected chi connectivity index (χ3v) is 7.76. The molecule has 1 aromatic carbocycles. The van der Waals surface area contributed by atoms with Gasteiger partial charge < -0.3 is 65.0 Å². The highest BCUT2D eigenvalue weighted by Gasteiger charge is 2.33. The summed E-state index contributed by atoms with van der Waals surface area (Å²) in [6.07, 6.45) is -3.84. The molecule has 10 amide bonds. The van der Waals surface area contributed by atoms with Gasteiger partial charge in [-0.25, -0.2) is 4.79 Å². The van der Waals surface area contributed by atoms with Gasteiger partial charge in [0, 0.05) is 39.0 Å². The van der Waals surface area contributed by atoms with Crippen molar-refractivity contribution in [3.8, 4) is 5.75 Å². The Bertz CT molecular complexity index is 1640. The lowest BCUT2D eigenvalue weighted by Gasteiger charge is -2.27. The van der Waals surface area contributed by atoms with Gasteiger partial charge in [-0.15, -0.1) is 0 Å². The highest BCUT2D eigenvalue weighted by Crippen LogP contribution is 2.12. The van der Waals surface area contributed by atoms with Crippen LogP contribution >= 0.6 is 0 Å². The molecule has 1 aromatic rings. The number of amides is 10. The zero-order valence-corrected chi connectivity index (χ0v) is 30.5. The van der Waals surface area contributed by atoms with Gasteiger partial charge in [-0.3, -0.25) is 47.9 Å². The number of phenols is 1. The Morgan fingerprint density at radius 1 is 0.536 bits per heavy atom. The maximum atomic E-state index is 13.6. The van der Waals surface area contributed by atoms with Crippen LogP contribution in [-0.2, 0) is 59.2 Å². The summed E-state index contributed by atoms with van der Waals surface area (Å²) in [5, 5.41) is 32.9. The average Bonchev–Trinajstić information content (AvgIpc) is 3.10. The number of hydrogen-bond donors (Lipinski definition) is 12. The number of rotatable bonds is 26. The fourth-order valence-electron chi connectivity index (χ4n) is 4.83. The Labute approximate surface area is 319 Å². The third kappa shape index (κ3) is 19.3. The first-order valence-corrected chi connectivity index (χ1v) is 17.1. The number of carboxylic acid groups (broad SMARTS) is 1. The van der Waals surface area contributed by atoms with Crippen molar-refractivity contribution in [2.75, 3.05) is 6.54 Å². The van der Waals surface area contributed by atoms with Crippen LogP contribution in [0.3, 0.4) is 0 Å². The summed E-state index contributed by atoms with van der Waals surface area (Å²) >= 11 is 0. The van der Waals surface area contributed by atoms with Gasteiger partial charge in [0.2, 0.25) is 59.1 Å². The number of benzene rings is 1. The highest BCUT2D eigenvalue weighted by atomic mass is 16.4. The zero-order chi connectivity index (χ0) is 42.5. The number of primary amides is 4. The summed E-state index contributed by atoms with van der Waals surface area (Å²) in [7, 11) is 0. The molecular weight excluding hydrogens is 744 g/mol. The molecule has 0 aromatic heterocycles. The Balaban J connectivity index is 3.35. The lowest BCUT2D eigenvalue weighted by molar-refractivity contribution is -0.142. The molecule has 0 aliphatic rings. The first-order valence-electron chi connectivity index (χ1n) is 17.1. The minimum absolute atomic E-state index is 0.0911. The van der Waals surface area contributed by atoms with Crippen LogP contribution in [0, 0.1) is 0 Å². The van der Waals surface area contributed by atoms with Crippen LogP contribution in [0.1, 0.15) is 63.9 Å². The lowest BCUT2D eigenvalue weighted by atomic mass is 10.0. The van der Waals surface area contributed by atoms with Crippen LogP contribution in [0.15, 0.2) is 24.3 Å². The van der Waals surface area contributed by atoms with Crippen LogP contribution in [0.5, 0.6) is 5.75 Å². The van der Waals surface area contributed by atoms with E-state index in [-0.39, 0.29) is 18.6 Å². The Morgan fingerprint density at radius 3 is 1.16 bits per heavy atom. The molecule has 23 nitrogen and oxygen atoms in total. The molecule has 0 radical (unpaired) electrons. The van der Waals surface area contributed by atoms with Gasteiger partial charge in [-0.1, -0.05) is 12.1 Å². The van der Waals surface area contributed by atoms with E-state index in [0.717, 1.165) is 6.92 Å². The predicted octanol–water partition coefficient (Wildman–Crippen LogP) is -5.36. The molecule has 0 aliphatic carbocycles. The van der Waals surface area contributed by atoms with Gasteiger partial charge in [-0.2, -0.15) is 0 Å². The average molecular weight is 793 g/mol. The monoisotopic (exact) mass is 792 g/mol. The minimum atomic E-state index is -1.68. The van der Waals surface area contributed by atoms with E-state index in [1.165, 1.54) is 24.3 Å². The van der Waals surface area contributed by atoms with Crippen molar-refractivity contribution in [3.63, 3.8) is 0 Å². The van der Waals surface area contributed by atoms with Crippen LogP contribution in [-0.4, -0.2) is 112 Å². The quantitative estimate of drug-likeness (QED) is 0.0417. The topological polar surface area (TPSA) is 404 Å². The van der Waals surface area contributed by atoms with Gasteiger partial charge in [0.15, 0.2) is 0 Å². The van der Waals surface area contributed by atoms with Gasteiger partial charge in [0.05, 0.1) is 6.54 Å². The molecule has 0 fully saturated rings. The smallest absolute Gasteiger partial charge is 0.326 e. The molecule has 56 heavy (non-hydrogen) atoms. The molecule has 1 rings (SSSR count). The van der Waals surface area contributed by atoms with Gasteiger partial charge >= 0.3 is 5.97 Å². The Morgan fingerprint density at radius 2 is 0.857 bits per heavy atom. The molecule has 0 aliphatic heterocycles. The van der Waals surface area contributed by atoms with Crippen molar-refractivity contribution in [1.82, 2.24) is 31.9 Å². The van der Waals surface area contributed by atoms with Gasteiger partial charge in [-0.05, 0) is 43.4 Å². The van der Waals surface area contributed by atoms with E-state index in [9.17, 15) is 63.0 Å². The van der Waals surface area contributed by atoms with E-state index in [1.807, 2.05) is 0 Å². The van der Waals surface area contributed by atoms with Crippen LogP contribution < -0.4 is 54.8 Å². The second-order valence-corrected chi connectivity index (χ2v) is 12.5. The van der Waals surface area contributed by atoms with Crippen molar-refractivity contribution in [1.29, 1.82) is 0 Å². The fourth-order valence-corrected chi connectivity index (χ4v) is 4.83. The van der Waals surface area contributed by atoms with Crippen LogP contribution in [0.2, 0.25) is 0 Å². The lowest BCUT2D eigenvalue weighted by Crippen LogP contribution is -2.59. The van der Waals surface area contributed by atoms with Gasteiger partial charge in [0.1, 0.15) is 36.0 Å². The molecule has 0 bridgehead atoms. The first-order chi connectivity index (χ1) is 26.2. The molecule has 0 unspecified atom stereocenters. The summed E-state index contributed by atoms with van der Waals surface area (Å²) in [5.41, 5.74) is 21.3. The Hall–Kier alpha value is -6.81. The molecular formula is C33H48N10O13. The summed E-state index contributed by atoms with van der Waals surface area (Å²) in [5.74, 6) is -10.9. The summed E-state index contributed by atoms with van der Waals surface area (Å²) < 4.78 is 0. The van der Waals surface area contributed by atoms with Crippen molar-refractivity contribution < 1.29 is 63.0 Å². The Kier molecular flexibility index (Phi) is 20.0. The number of carbonyl (C=O) groups excluding carboxylic acids is 10. The van der Waals surface area contributed by atoms with E-state index < -0.39 is 147 Å². The number of hydrogen-bond acceptors (Lipinski definition) is 12.